The number of hydrogen-bond acceptors (Lipinski definition) is 8. The fourth-order valence-corrected chi connectivity index (χ4v) is 5.09. The van der Waals surface area contributed by atoms with Gasteiger partial charge in [-0.1, -0.05) is 6.58 Å². The lowest BCUT2D eigenvalue weighted by molar-refractivity contribution is -0.150. The number of halogens is 3. The number of ether oxygens (including phenoxy) is 2. The van der Waals surface area contributed by atoms with E-state index in [1.165, 1.54) is 4.90 Å². The molecule has 0 bridgehead atoms. The Kier molecular flexibility index (Phi) is 9.71. The quantitative estimate of drug-likeness (QED) is 0.290. The van der Waals surface area contributed by atoms with E-state index < -0.39 is 36.1 Å². The van der Waals surface area contributed by atoms with E-state index in [1.54, 1.807) is 0 Å². The zero-order valence-corrected chi connectivity index (χ0v) is 23.1. The van der Waals surface area contributed by atoms with Crippen LogP contribution in [0.5, 0.6) is 0 Å². The number of carbonyl (C=O) groups excluding carboxylic acids is 2. The van der Waals surface area contributed by atoms with Crippen LogP contribution in [0.25, 0.3) is 11.0 Å². The standard InChI is InChI=1S/C26H32Cl2FN5O5/c1-16-30-26(37)18(29)14-34(16)24-13-21(35)22(39-24)15-38-25(36)5-3-4-23-31-19-12-17(6-7-20(19)32(23)2)33(10-8-27)11-9-28/h6-7,12,14,21-22,24,35H,1,3-5,8-11,13,15H2,2H3,(H,30,37)/t21?,22-,24-/m1/s1. The molecule has 39 heavy (non-hydrogen) atoms. The number of nitrogens with zero attached hydrogens (tertiary/aromatic N) is 4. The first-order valence-electron chi connectivity index (χ1n) is 12.7. The molecule has 2 aromatic rings. The van der Waals surface area contributed by atoms with Crippen LogP contribution in [0.15, 0.2) is 42.6 Å². The van der Waals surface area contributed by atoms with Crippen molar-refractivity contribution in [3.05, 3.63) is 48.5 Å². The molecule has 2 aliphatic heterocycles. The Morgan fingerprint density at radius 3 is 2.82 bits per heavy atom. The molecule has 0 aliphatic carbocycles. The summed E-state index contributed by atoms with van der Waals surface area (Å²) in [6.07, 6.45) is -0.0858. The van der Waals surface area contributed by atoms with E-state index in [0.29, 0.717) is 37.7 Å². The number of carbonyl (C=O) groups is 2. The van der Waals surface area contributed by atoms with Gasteiger partial charge in [-0.05, 0) is 24.6 Å². The van der Waals surface area contributed by atoms with E-state index in [2.05, 4.69) is 16.8 Å². The Labute approximate surface area is 235 Å². The van der Waals surface area contributed by atoms with Crippen LogP contribution < -0.4 is 10.2 Å². The van der Waals surface area contributed by atoms with Crippen LogP contribution in [-0.2, 0) is 32.5 Å². The van der Waals surface area contributed by atoms with Crippen LogP contribution in [-0.4, -0.2) is 81.3 Å². The lowest BCUT2D eigenvalue weighted by Crippen LogP contribution is -2.42. The summed E-state index contributed by atoms with van der Waals surface area (Å²) in [4.78, 5) is 31.9. The highest BCUT2D eigenvalue weighted by atomic mass is 35.5. The summed E-state index contributed by atoms with van der Waals surface area (Å²) in [6, 6.07) is 6.06. The number of imidazole rings is 1. The molecule has 1 saturated heterocycles. The van der Waals surface area contributed by atoms with Crippen molar-refractivity contribution in [3.63, 3.8) is 0 Å². The van der Waals surface area contributed by atoms with Crippen molar-refractivity contribution in [1.82, 2.24) is 19.8 Å². The predicted molar refractivity (Wildman–Crippen MR) is 146 cm³/mol. The summed E-state index contributed by atoms with van der Waals surface area (Å²) in [5.41, 5.74) is 2.85. The van der Waals surface area contributed by atoms with E-state index in [-0.39, 0.29) is 25.3 Å². The van der Waals surface area contributed by atoms with Gasteiger partial charge in [-0.2, -0.15) is 4.39 Å². The number of nitrogens with one attached hydrogen (secondary N) is 1. The minimum absolute atomic E-state index is 0.130. The average molecular weight is 584 g/mol. The number of aliphatic hydroxyl groups excluding tert-OH is 1. The monoisotopic (exact) mass is 583 g/mol. The maximum absolute atomic E-state index is 13.7. The smallest absolute Gasteiger partial charge is 0.305 e. The minimum Gasteiger partial charge on any atom is -0.463 e. The van der Waals surface area contributed by atoms with Gasteiger partial charge in [0.2, 0.25) is 5.83 Å². The van der Waals surface area contributed by atoms with Crippen molar-refractivity contribution in [1.29, 1.82) is 0 Å². The molecule has 1 unspecified atom stereocenters. The third-order valence-corrected chi connectivity index (χ3v) is 7.11. The second kappa shape index (κ2) is 13.0. The van der Waals surface area contributed by atoms with Gasteiger partial charge in [0.25, 0.3) is 5.91 Å². The summed E-state index contributed by atoms with van der Waals surface area (Å²) in [6.45, 7) is 4.90. The molecule has 2 aliphatic rings. The zero-order valence-electron chi connectivity index (χ0n) is 21.6. The van der Waals surface area contributed by atoms with Crippen molar-refractivity contribution in [2.24, 2.45) is 7.05 Å². The van der Waals surface area contributed by atoms with Crippen molar-refractivity contribution < 1.29 is 28.6 Å². The second-order valence-corrected chi connectivity index (χ2v) is 10.1. The number of fused-ring (bicyclic) bond motifs is 1. The Bertz CT molecular complexity index is 1250. The molecule has 0 saturated carbocycles. The van der Waals surface area contributed by atoms with Gasteiger partial charge in [-0.3, -0.25) is 9.59 Å². The van der Waals surface area contributed by atoms with Gasteiger partial charge >= 0.3 is 5.97 Å². The van der Waals surface area contributed by atoms with Crippen molar-refractivity contribution in [3.8, 4) is 0 Å². The van der Waals surface area contributed by atoms with E-state index in [9.17, 15) is 19.1 Å². The molecule has 1 amide bonds. The van der Waals surface area contributed by atoms with Gasteiger partial charge in [-0.15, -0.1) is 23.2 Å². The second-order valence-electron chi connectivity index (χ2n) is 9.38. The number of aryl methyl sites for hydroxylation is 2. The number of aliphatic hydroxyl groups is 1. The number of esters is 1. The number of amides is 1. The normalized spacial score (nSPS) is 21.3. The summed E-state index contributed by atoms with van der Waals surface area (Å²) < 4.78 is 26.8. The van der Waals surface area contributed by atoms with Gasteiger partial charge in [-0.25, -0.2) is 4.98 Å². The van der Waals surface area contributed by atoms with E-state index in [0.717, 1.165) is 28.7 Å². The lowest BCUT2D eigenvalue weighted by atomic mass is 10.2. The molecule has 0 radical (unpaired) electrons. The number of benzene rings is 1. The zero-order chi connectivity index (χ0) is 28.1. The molecule has 4 rings (SSSR count). The minimum atomic E-state index is -0.990. The highest BCUT2D eigenvalue weighted by Crippen LogP contribution is 2.28. The fraction of sp³-hybridized carbons (Fsp3) is 0.500. The number of aromatic nitrogens is 2. The van der Waals surface area contributed by atoms with E-state index in [4.69, 9.17) is 37.7 Å². The first-order valence-corrected chi connectivity index (χ1v) is 13.8. The molecule has 1 aromatic heterocycles. The first-order chi connectivity index (χ1) is 18.7. The van der Waals surface area contributed by atoms with Crippen LogP contribution in [0, 0.1) is 0 Å². The lowest BCUT2D eigenvalue weighted by Gasteiger charge is -2.31. The Morgan fingerprint density at radius 2 is 2.10 bits per heavy atom. The van der Waals surface area contributed by atoms with Gasteiger partial charge in [0.1, 0.15) is 30.6 Å². The van der Waals surface area contributed by atoms with Gasteiger partial charge in [0, 0.05) is 63.0 Å². The third kappa shape index (κ3) is 6.84. The molecular weight excluding hydrogens is 552 g/mol. The van der Waals surface area contributed by atoms with Crippen molar-refractivity contribution >= 4 is 51.8 Å². The van der Waals surface area contributed by atoms with Gasteiger partial charge in [0.05, 0.1) is 17.1 Å². The van der Waals surface area contributed by atoms with Crippen molar-refractivity contribution in [2.75, 3.05) is 36.4 Å². The molecule has 3 heterocycles. The summed E-state index contributed by atoms with van der Waals surface area (Å²) in [5.74, 6) is -0.323. The molecule has 3 atom stereocenters. The number of anilines is 1. The van der Waals surface area contributed by atoms with Crippen LogP contribution in [0.4, 0.5) is 10.1 Å². The molecule has 0 spiro atoms. The first kappa shape index (κ1) is 29.1. The summed E-state index contributed by atoms with van der Waals surface area (Å²) >= 11 is 11.9. The molecule has 10 nitrogen and oxygen atoms in total. The molecule has 1 fully saturated rings. The molecule has 13 heteroatoms. The Morgan fingerprint density at radius 1 is 1.36 bits per heavy atom. The van der Waals surface area contributed by atoms with Gasteiger partial charge < -0.3 is 34.3 Å². The van der Waals surface area contributed by atoms with Crippen LogP contribution in [0.1, 0.15) is 25.1 Å². The number of rotatable bonds is 12. The van der Waals surface area contributed by atoms with Gasteiger partial charge in [0.15, 0.2) is 0 Å². The summed E-state index contributed by atoms with van der Waals surface area (Å²) in [5, 5.41) is 12.6. The van der Waals surface area contributed by atoms with Crippen LogP contribution in [0.3, 0.4) is 0 Å². The van der Waals surface area contributed by atoms with Crippen LogP contribution in [0.2, 0.25) is 0 Å². The number of alkyl halides is 2. The van der Waals surface area contributed by atoms with E-state index in [1.807, 2.05) is 29.8 Å². The molecular formula is C26H32Cl2FN5O5. The Balaban J connectivity index is 1.26. The number of hydrogen-bond donors (Lipinski definition) is 2. The third-order valence-electron chi connectivity index (χ3n) is 6.77. The highest BCUT2D eigenvalue weighted by Gasteiger charge is 2.39. The van der Waals surface area contributed by atoms with Crippen LogP contribution >= 0.6 is 23.2 Å². The summed E-state index contributed by atoms with van der Waals surface area (Å²) in [7, 11) is 1.94. The Hall–Kier alpha value is -2.86. The SMILES string of the molecule is C=C1NC(=O)C(F)=CN1[C@H]1CC(O)[C@@H](COC(=O)CCCc2nc3cc(N(CCCl)CCCl)ccc3n2C)O1. The maximum atomic E-state index is 13.7. The molecule has 1 aromatic carbocycles. The molecule has 2 N–H and O–H groups in total. The highest BCUT2D eigenvalue weighted by molar-refractivity contribution is 6.18. The van der Waals surface area contributed by atoms with E-state index >= 15 is 0 Å². The maximum Gasteiger partial charge on any atom is 0.305 e. The molecule has 212 valence electrons. The largest absolute Gasteiger partial charge is 0.463 e. The topological polar surface area (TPSA) is 109 Å². The average Bonchev–Trinajstić information content (AvgIpc) is 3.43. The predicted octanol–water partition coefficient (Wildman–Crippen LogP) is 2.91. The fourth-order valence-electron chi connectivity index (χ4n) is 4.68. The van der Waals surface area contributed by atoms with Crippen molar-refractivity contribution in [2.45, 2.75) is 44.1 Å².